The molecule has 0 aliphatic heterocycles. The van der Waals surface area contributed by atoms with E-state index >= 15 is 0 Å². The van der Waals surface area contributed by atoms with Crippen molar-refractivity contribution in [3.8, 4) is 33.8 Å². The van der Waals surface area contributed by atoms with Crippen LogP contribution in [0, 0.1) is 0 Å². The molecule has 0 radical (unpaired) electrons. The van der Waals surface area contributed by atoms with E-state index in [4.69, 9.17) is 9.47 Å². The summed E-state index contributed by atoms with van der Waals surface area (Å²) in [5.74, 6) is 1.69. The zero-order valence-electron chi connectivity index (χ0n) is 14.9. The highest BCUT2D eigenvalue weighted by Gasteiger charge is 2.17. The lowest BCUT2D eigenvalue weighted by atomic mass is 9.91. The van der Waals surface area contributed by atoms with Crippen molar-refractivity contribution < 1.29 is 9.47 Å². The highest BCUT2D eigenvalue weighted by molar-refractivity contribution is 6.11. The van der Waals surface area contributed by atoms with Crippen LogP contribution < -0.4 is 9.47 Å². The lowest BCUT2D eigenvalue weighted by molar-refractivity contribution is 0.410. The molecular weight excluding hydrogens is 320 g/mol. The molecule has 0 N–H and O–H groups in total. The average molecular weight is 340 g/mol. The molecule has 26 heavy (non-hydrogen) atoms. The lowest BCUT2D eigenvalue weighted by Gasteiger charge is -2.17. The van der Waals surface area contributed by atoms with E-state index in [1.54, 1.807) is 14.2 Å². The Balaban J connectivity index is 2.14. The molecule has 0 aliphatic carbocycles. The Bertz CT molecular complexity index is 952. The fourth-order valence-corrected chi connectivity index (χ4v) is 3.49. The lowest BCUT2D eigenvalue weighted by Crippen LogP contribution is -1.94. The first-order valence-electron chi connectivity index (χ1n) is 8.62. The van der Waals surface area contributed by atoms with Gasteiger partial charge in [-0.3, -0.25) is 0 Å². The topological polar surface area (TPSA) is 18.5 Å². The predicted molar refractivity (Wildman–Crippen MR) is 108 cm³/mol. The van der Waals surface area contributed by atoms with E-state index in [9.17, 15) is 0 Å². The van der Waals surface area contributed by atoms with Gasteiger partial charge in [-0.25, -0.2) is 0 Å². The monoisotopic (exact) mass is 340 g/mol. The zero-order chi connectivity index (χ0) is 17.9. The Morgan fingerprint density at radius 1 is 0.462 bits per heavy atom. The smallest absolute Gasteiger partial charge is 0.127 e. The van der Waals surface area contributed by atoms with Crippen molar-refractivity contribution in [2.75, 3.05) is 14.2 Å². The number of hydrogen-bond acceptors (Lipinski definition) is 2. The molecule has 0 spiro atoms. The Labute approximate surface area is 153 Å². The fraction of sp³-hybridized carbons (Fsp3) is 0.0833. The molecule has 4 aromatic rings. The Morgan fingerprint density at radius 2 is 0.846 bits per heavy atom. The maximum Gasteiger partial charge on any atom is 0.127 e. The van der Waals surface area contributed by atoms with Crippen molar-refractivity contribution in [2.24, 2.45) is 0 Å². The largest absolute Gasteiger partial charge is 0.496 e. The summed E-state index contributed by atoms with van der Waals surface area (Å²) >= 11 is 0. The van der Waals surface area contributed by atoms with Crippen LogP contribution >= 0.6 is 0 Å². The standard InChI is InChI=1S/C24H20O2/c1-25-21-15-16-22(26-2)24-20(18-11-7-4-8-12-18)14-13-19(23(21)24)17-9-5-3-6-10-17/h3-16H,1-2H3. The van der Waals surface area contributed by atoms with Crippen molar-refractivity contribution in [2.45, 2.75) is 0 Å². The minimum atomic E-state index is 0.845. The number of rotatable bonds is 4. The summed E-state index contributed by atoms with van der Waals surface area (Å²) < 4.78 is 11.4. The first-order chi connectivity index (χ1) is 12.8. The second-order valence-electron chi connectivity index (χ2n) is 6.11. The molecule has 128 valence electrons. The molecule has 0 fully saturated rings. The van der Waals surface area contributed by atoms with Crippen LogP contribution in [0.3, 0.4) is 0 Å². The number of ether oxygens (including phenoxy) is 2. The molecule has 4 aromatic carbocycles. The van der Waals surface area contributed by atoms with E-state index in [-0.39, 0.29) is 0 Å². The highest BCUT2D eigenvalue weighted by Crippen LogP contribution is 2.44. The molecule has 0 saturated carbocycles. The SMILES string of the molecule is COc1ccc(OC)c2c(-c3ccccc3)ccc(-c3ccccc3)c12. The molecule has 0 amide bonds. The normalized spacial score (nSPS) is 10.7. The first kappa shape index (κ1) is 16.2. The number of hydrogen-bond donors (Lipinski definition) is 0. The Morgan fingerprint density at radius 3 is 1.19 bits per heavy atom. The summed E-state index contributed by atoms with van der Waals surface area (Å²) in [6.07, 6.45) is 0. The van der Waals surface area contributed by atoms with Gasteiger partial charge in [-0.2, -0.15) is 0 Å². The van der Waals surface area contributed by atoms with Crippen molar-refractivity contribution >= 4 is 10.8 Å². The van der Waals surface area contributed by atoms with Crippen LogP contribution in [-0.4, -0.2) is 14.2 Å². The Kier molecular flexibility index (Phi) is 4.32. The van der Waals surface area contributed by atoms with Crippen LogP contribution in [0.4, 0.5) is 0 Å². The third-order valence-corrected chi connectivity index (χ3v) is 4.69. The van der Waals surface area contributed by atoms with Crippen LogP contribution in [0.15, 0.2) is 84.9 Å². The van der Waals surface area contributed by atoms with Crippen LogP contribution in [0.5, 0.6) is 11.5 Å². The van der Waals surface area contributed by atoms with Crippen LogP contribution in [0.1, 0.15) is 0 Å². The van der Waals surface area contributed by atoms with E-state index < -0.39 is 0 Å². The summed E-state index contributed by atoms with van der Waals surface area (Å²) in [6, 6.07) is 29.0. The zero-order valence-corrected chi connectivity index (χ0v) is 14.9. The molecule has 0 aromatic heterocycles. The number of benzene rings is 4. The summed E-state index contributed by atoms with van der Waals surface area (Å²) in [4.78, 5) is 0. The van der Waals surface area contributed by atoms with E-state index in [1.165, 1.54) is 0 Å². The second kappa shape index (κ2) is 6.93. The third kappa shape index (κ3) is 2.70. The van der Waals surface area contributed by atoms with Gasteiger partial charge in [0.15, 0.2) is 0 Å². The van der Waals surface area contributed by atoms with Crippen LogP contribution in [0.2, 0.25) is 0 Å². The van der Waals surface area contributed by atoms with Gasteiger partial charge >= 0.3 is 0 Å². The van der Waals surface area contributed by atoms with Gasteiger partial charge in [0.05, 0.1) is 14.2 Å². The van der Waals surface area contributed by atoms with Crippen molar-refractivity contribution in [1.82, 2.24) is 0 Å². The van der Waals surface area contributed by atoms with Gasteiger partial charge in [-0.05, 0) is 34.4 Å². The molecule has 0 aliphatic rings. The average Bonchev–Trinajstić information content (AvgIpc) is 2.73. The van der Waals surface area contributed by atoms with Crippen molar-refractivity contribution in [3.05, 3.63) is 84.9 Å². The van der Waals surface area contributed by atoms with E-state index in [2.05, 4.69) is 60.7 Å². The summed E-state index contributed by atoms with van der Waals surface area (Å²) in [7, 11) is 3.43. The minimum Gasteiger partial charge on any atom is -0.496 e. The molecular formula is C24H20O2. The van der Waals surface area contributed by atoms with Gasteiger partial charge < -0.3 is 9.47 Å². The molecule has 0 atom stereocenters. The van der Waals surface area contributed by atoms with Gasteiger partial charge in [0.2, 0.25) is 0 Å². The van der Waals surface area contributed by atoms with Gasteiger partial charge in [0.25, 0.3) is 0 Å². The quantitative estimate of drug-likeness (QED) is 0.441. The van der Waals surface area contributed by atoms with Gasteiger partial charge in [0.1, 0.15) is 11.5 Å². The summed E-state index contributed by atoms with van der Waals surface area (Å²) in [5.41, 5.74) is 4.58. The molecule has 0 unspecified atom stereocenters. The maximum absolute atomic E-state index is 5.72. The molecule has 2 nitrogen and oxygen atoms in total. The van der Waals surface area contributed by atoms with E-state index in [1.807, 2.05) is 24.3 Å². The maximum atomic E-state index is 5.72. The molecule has 4 rings (SSSR count). The first-order valence-corrected chi connectivity index (χ1v) is 8.62. The minimum absolute atomic E-state index is 0.845. The predicted octanol–water partition coefficient (Wildman–Crippen LogP) is 6.19. The summed E-state index contributed by atoms with van der Waals surface area (Å²) in [6.45, 7) is 0. The summed E-state index contributed by atoms with van der Waals surface area (Å²) in [5, 5.41) is 2.14. The van der Waals surface area contributed by atoms with Crippen molar-refractivity contribution in [3.63, 3.8) is 0 Å². The number of fused-ring (bicyclic) bond motifs is 1. The number of methoxy groups -OCH3 is 2. The molecule has 0 heterocycles. The van der Waals surface area contributed by atoms with E-state index in [0.717, 1.165) is 44.5 Å². The van der Waals surface area contributed by atoms with Gasteiger partial charge in [-0.15, -0.1) is 0 Å². The van der Waals surface area contributed by atoms with Crippen molar-refractivity contribution in [1.29, 1.82) is 0 Å². The fourth-order valence-electron chi connectivity index (χ4n) is 3.49. The van der Waals surface area contributed by atoms with Crippen LogP contribution in [0.25, 0.3) is 33.0 Å². The molecule has 0 saturated heterocycles. The van der Waals surface area contributed by atoms with Gasteiger partial charge in [-0.1, -0.05) is 72.8 Å². The Hall–Kier alpha value is -3.26. The third-order valence-electron chi connectivity index (χ3n) is 4.69. The molecule has 2 heteroatoms. The molecule has 0 bridgehead atoms. The second-order valence-corrected chi connectivity index (χ2v) is 6.11. The van der Waals surface area contributed by atoms with E-state index in [0.29, 0.717) is 0 Å². The van der Waals surface area contributed by atoms with Crippen LogP contribution in [-0.2, 0) is 0 Å². The van der Waals surface area contributed by atoms with Gasteiger partial charge in [0, 0.05) is 10.8 Å². The highest BCUT2D eigenvalue weighted by atomic mass is 16.5.